The number of phenolic OH excluding ortho intramolecular Hbond substituents is 1. The van der Waals surface area contributed by atoms with Crippen molar-refractivity contribution in [1.82, 2.24) is 20.0 Å². The van der Waals surface area contributed by atoms with Crippen LogP contribution in [-0.2, 0) is 4.79 Å². The van der Waals surface area contributed by atoms with Gasteiger partial charge in [-0.3, -0.25) is 24.8 Å². The zero-order valence-corrected chi connectivity index (χ0v) is 25.8. The number of H-pyrrole nitrogens is 1. The number of nitrogens with one attached hydrogen (secondary N) is 2. The Hall–Kier alpha value is -4.63. The molecule has 45 heavy (non-hydrogen) atoms. The topological polar surface area (TPSA) is 232 Å². The quantitative estimate of drug-likeness (QED) is 0.0639. The normalized spacial score (nSPS) is 11.9. The van der Waals surface area contributed by atoms with E-state index in [1.807, 2.05) is 0 Å². The first-order valence-electron chi connectivity index (χ1n) is 12.5. The van der Waals surface area contributed by atoms with Crippen LogP contribution in [-0.4, -0.2) is 48.9 Å². The van der Waals surface area contributed by atoms with Gasteiger partial charge in [0, 0.05) is 29.1 Å². The minimum Gasteiger partial charge on any atom is -0.507 e. The number of aromatic nitrogens is 2. The average Bonchev–Trinajstić information content (AvgIpc) is 3.45. The maximum atomic E-state index is 13.8. The molecule has 13 nitrogen and oxygen atoms in total. The highest BCUT2D eigenvalue weighted by atomic mass is 35.5. The highest BCUT2D eigenvalue weighted by Gasteiger charge is 2.30. The molecule has 0 aliphatic carbocycles. The summed E-state index contributed by atoms with van der Waals surface area (Å²) in [6.07, 6.45) is 2.42. The Morgan fingerprint density at radius 2 is 1.60 bits per heavy atom. The molecule has 0 aliphatic rings. The molecular weight excluding hydrogens is 670 g/mol. The van der Waals surface area contributed by atoms with Crippen LogP contribution in [0.4, 0.5) is 0 Å². The van der Waals surface area contributed by atoms with Gasteiger partial charge in [-0.1, -0.05) is 76.7 Å². The summed E-state index contributed by atoms with van der Waals surface area (Å²) in [6.45, 7) is -0.527. The molecule has 2 aromatic carbocycles. The zero-order valence-electron chi connectivity index (χ0n) is 22.8. The maximum absolute atomic E-state index is 13.8. The average molecular weight is 694 g/mol. The van der Waals surface area contributed by atoms with Crippen LogP contribution in [0.15, 0.2) is 60.9 Å². The van der Waals surface area contributed by atoms with E-state index in [0.29, 0.717) is 11.3 Å². The van der Waals surface area contributed by atoms with E-state index >= 15 is 0 Å². The van der Waals surface area contributed by atoms with E-state index in [9.17, 15) is 19.5 Å². The lowest BCUT2D eigenvalue weighted by atomic mass is 10.0. The summed E-state index contributed by atoms with van der Waals surface area (Å²) in [4.78, 5) is 41.0. The highest BCUT2D eigenvalue weighted by molar-refractivity contribution is 6.45. The first-order valence-corrected chi connectivity index (χ1v) is 14.1. The monoisotopic (exact) mass is 692 g/mol. The highest BCUT2D eigenvalue weighted by Crippen LogP contribution is 2.40. The standard InChI is InChI=1S/C28H24Cl4N8O5/c29-16-8-19(25(44)13-3-1-12(2-4-13)18(9-33)38-35)40(28(16)32)24-22(30)27(31)37-23(24)26(45)15-6-5-14(7-20(15)41)17(34)10-39(36)11-21(42)43/h1-10,37-38,41H,11,33-36H2,(H,42,43)/b17-10-,18-9-. The van der Waals surface area contributed by atoms with Crippen LogP contribution in [0.25, 0.3) is 17.1 Å². The van der Waals surface area contributed by atoms with E-state index in [1.54, 1.807) is 12.1 Å². The summed E-state index contributed by atoms with van der Waals surface area (Å²) in [5, 5.41) is 20.0. The maximum Gasteiger partial charge on any atom is 0.324 e. The molecule has 0 radical (unpaired) electrons. The fourth-order valence-electron chi connectivity index (χ4n) is 4.32. The molecule has 0 unspecified atom stereocenters. The van der Waals surface area contributed by atoms with Crippen molar-refractivity contribution in [1.29, 1.82) is 0 Å². The second-order valence-electron chi connectivity index (χ2n) is 9.32. The Labute approximate surface area is 275 Å². The number of benzene rings is 2. The van der Waals surface area contributed by atoms with Gasteiger partial charge in [0.15, 0.2) is 0 Å². The number of hydrogen-bond donors (Lipinski definition) is 8. The van der Waals surface area contributed by atoms with Crippen molar-refractivity contribution in [2.75, 3.05) is 6.54 Å². The molecule has 0 bridgehead atoms. The first-order chi connectivity index (χ1) is 21.3. The van der Waals surface area contributed by atoms with Crippen molar-refractivity contribution < 1.29 is 24.6 Å². The number of carbonyl (C=O) groups is 3. The van der Waals surface area contributed by atoms with Crippen LogP contribution in [0.3, 0.4) is 0 Å². The lowest BCUT2D eigenvalue weighted by molar-refractivity contribution is -0.137. The molecule has 17 heteroatoms. The number of hydrazine groups is 2. The Morgan fingerprint density at radius 1 is 0.978 bits per heavy atom. The van der Waals surface area contributed by atoms with Crippen LogP contribution in [0.1, 0.15) is 43.2 Å². The summed E-state index contributed by atoms with van der Waals surface area (Å²) in [5.74, 6) is 8.07. The number of aliphatic carboxylic acids is 1. The smallest absolute Gasteiger partial charge is 0.324 e. The zero-order chi connectivity index (χ0) is 33.2. The molecule has 4 rings (SSSR count). The number of nitrogens with zero attached hydrogens (tertiary/aromatic N) is 2. The van der Waals surface area contributed by atoms with E-state index in [0.717, 1.165) is 11.2 Å². The van der Waals surface area contributed by atoms with Crippen LogP contribution in [0, 0.1) is 0 Å². The van der Waals surface area contributed by atoms with Crippen molar-refractivity contribution in [3.8, 4) is 11.4 Å². The lowest BCUT2D eigenvalue weighted by Crippen LogP contribution is -2.31. The van der Waals surface area contributed by atoms with E-state index in [-0.39, 0.29) is 59.8 Å². The number of aromatic amines is 1. The molecular formula is C28H24Cl4N8O5. The van der Waals surface area contributed by atoms with Crippen LogP contribution in [0.2, 0.25) is 20.4 Å². The van der Waals surface area contributed by atoms with Crippen LogP contribution >= 0.6 is 46.4 Å². The van der Waals surface area contributed by atoms with E-state index in [4.69, 9.17) is 74.7 Å². The third-order valence-electron chi connectivity index (χ3n) is 6.43. The van der Waals surface area contributed by atoms with Crippen LogP contribution < -0.4 is 28.6 Å². The largest absolute Gasteiger partial charge is 0.507 e. The predicted octanol–water partition coefficient (Wildman–Crippen LogP) is 3.82. The number of aromatic hydroxyl groups is 1. The summed E-state index contributed by atoms with van der Waals surface area (Å²) in [5.41, 5.74) is 14.9. The number of nitrogens with two attached hydrogens (primary N) is 4. The van der Waals surface area contributed by atoms with E-state index in [1.165, 1.54) is 47.2 Å². The number of rotatable bonds is 11. The minimum atomic E-state index is -1.19. The molecule has 4 aromatic rings. The van der Waals surface area contributed by atoms with Crippen molar-refractivity contribution in [3.63, 3.8) is 0 Å². The van der Waals surface area contributed by atoms with Gasteiger partial charge in [-0.05, 0) is 18.2 Å². The SMILES string of the molecule is N/C=C(\NN)c1ccc(C(=O)c2cc(Cl)c(Cl)n2-c2c(C(=O)c3ccc(/C(N)=C/N(N)CC(=O)O)cc3O)[nH]c(Cl)c2Cl)cc1. The minimum absolute atomic E-state index is 0.0132. The van der Waals surface area contributed by atoms with Crippen molar-refractivity contribution in [3.05, 3.63) is 115 Å². The van der Waals surface area contributed by atoms with E-state index in [2.05, 4.69) is 10.4 Å². The number of carbonyl (C=O) groups excluding carboxylic acids is 2. The molecule has 12 N–H and O–H groups in total. The second kappa shape index (κ2) is 13.6. The van der Waals surface area contributed by atoms with Crippen molar-refractivity contribution in [2.24, 2.45) is 23.2 Å². The molecule has 0 amide bonds. The molecule has 0 aliphatic heterocycles. The lowest BCUT2D eigenvalue weighted by Gasteiger charge is -2.14. The first kappa shape index (κ1) is 33.3. The number of halogens is 4. The number of hydrogen-bond acceptors (Lipinski definition) is 10. The molecule has 0 spiro atoms. The Kier molecular flexibility index (Phi) is 10.0. The van der Waals surface area contributed by atoms with Gasteiger partial charge in [-0.25, -0.2) is 5.84 Å². The van der Waals surface area contributed by atoms with Crippen LogP contribution in [0.5, 0.6) is 5.75 Å². The van der Waals surface area contributed by atoms with Gasteiger partial charge in [0.2, 0.25) is 11.6 Å². The van der Waals surface area contributed by atoms with E-state index < -0.39 is 29.8 Å². The third kappa shape index (κ3) is 6.73. The van der Waals surface area contributed by atoms with Gasteiger partial charge in [0.05, 0.1) is 33.4 Å². The number of phenols is 1. The fourth-order valence-corrected chi connectivity index (χ4v) is 5.15. The number of carboxylic acid groups (broad SMARTS) is 1. The van der Waals surface area contributed by atoms with Gasteiger partial charge >= 0.3 is 5.97 Å². The van der Waals surface area contributed by atoms with Gasteiger partial charge in [-0.15, -0.1) is 0 Å². The number of ketones is 2. The summed E-state index contributed by atoms with van der Waals surface area (Å²) in [7, 11) is 0. The van der Waals surface area contributed by atoms with Gasteiger partial charge in [0.1, 0.15) is 33.3 Å². The third-order valence-corrected chi connectivity index (χ3v) is 7.94. The molecule has 0 saturated heterocycles. The molecule has 2 aromatic heterocycles. The van der Waals surface area contributed by atoms with Gasteiger partial charge < -0.3 is 37.1 Å². The molecule has 0 fully saturated rings. The molecule has 2 heterocycles. The molecule has 0 atom stereocenters. The predicted molar refractivity (Wildman–Crippen MR) is 172 cm³/mol. The molecule has 234 valence electrons. The Morgan fingerprint density at radius 3 is 2.18 bits per heavy atom. The summed E-state index contributed by atoms with van der Waals surface area (Å²) < 4.78 is 1.18. The van der Waals surface area contributed by atoms with Crippen molar-refractivity contribution >= 4 is 75.3 Å². The number of carboxylic acids is 1. The summed E-state index contributed by atoms with van der Waals surface area (Å²) >= 11 is 25.7. The van der Waals surface area contributed by atoms with Gasteiger partial charge in [-0.2, -0.15) is 0 Å². The molecule has 0 saturated carbocycles. The second-order valence-corrected chi connectivity index (χ2v) is 10.8. The van der Waals surface area contributed by atoms with Gasteiger partial charge in [0.25, 0.3) is 0 Å². The Bertz CT molecular complexity index is 1880. The Balaban J connectivity index is 1.77. The van der Waals surface area contributed by atoms with Crippen molar-refractivity contribution in [2.45, 2.75) is 0 Å². The fraction of sp³-hybridized carbons (Fsp3) is 0.0357. The summed E-state index contributed by atoms with van der Waals surface area (Å²) in [6, 6.07) is 11.5.